The molecule has 2 atom stereocenters. The summed E-state index contributed by atoms with van der Waals surface area (Å²) in [5.74, 6) is 1.41. The molecule has 3 N–H and O–H groups in total. The molecule has 1 aromatic carbocycles. The lowest BCUT2D eigenvalue weighted by Gasteiger charge is -2.11. The van der Waals surface area contributed by atoms with Crippen LogP contribution in [0.2, 0.25) is 0 Å². The summed E-state index contributed by atoms with van der Waals surface area (Å²) in [4.78, 5) is 16.8. The topological polar surface area (TPSA) is 90.9 Å². The predicted molar refractivity (Wildman–Crippen MR) is 89.0 cm³/mol. The van der Waals surface area contributed by atoms with Gasteiger partial charge in [0, 0.05) is 11.6 Å². The van der Waals surface area contributed by atoms with Gasteiger partial charge in [0.25, 0.3) is 0 Å². The third kappa shape index (κ3) is 4.16. The zero-order chi connectivity index (χ0) is 17.0. The van der Waals surface area contributed by atoms with Crippen LogP contribution in [0.3, 0.4) is 0 Å². The van der Waals surface area contributed by atoms with E-state index in [1.165, 1.54) is 0 Å². The first-order valence-corrected chi connectivity index (χ1v) is 7.85. The van der Waals surface area contributed by atoms with E-state index in [1.54, 1.807) is 31.2 Å². The highest BCUT2D eigenvalue weighted by Crippen LogP contribution is 2.22. The molecule has 0 bridgehead atoms. The minimum atomic E-state index is -0.423. The number of H-pyrrole nitrogens is 1. The molecule has 124 valence electrons. The van der Waals surface area contributed by atoms with Gasteiger partial charge in [-0.3, -0.25) is 9.89 Å². The molecule has 1 aromatic heterocycles. The number of hydrogen-bond acceptors (Lipinski definition) is 4. The van der Waals surface area contributed by atoms with E-state index < -0.39 is 5.92 Å². The summed E-state index contributed by atoms with van der Waals surface area (Å²) >= 11 is 0. The van der Waals surface area contributed by atoms with Gasteiger partial charge < -0.3 is 10.4 Å². The van der Waals surface area contributed by atoms with Crippen LogP contribution < -0.4 is 5.32 Å². The minimum Gasteiger partial charge on any atom is -0.392 e. The number of anilines is 1. The van der Waals surface area contributed by atoms with Crippen LogP contribution in [0.25, 0.3) is 0 Å². The van der Waals surface area contributed by atoms with Gasteiger partial charge in [0.2, 0.25) is 5.91 Å². The molecule has 23 heavy (non-hydrogen) atoms. The maximum atomic E-state index is 12.3. The molecular weight excluding hydrogens is 292 g/mol. The van der Waals surface area contributed by atoms with Crippen LogP contribution in [0.1, 0.15) is 56.7 Å². The first-order chi connectivity index (χ1) is 10.9. The summed E-state index contributed by atoms with van der Waals surface area (Å²) < 4.78 is 0. The Balaban J connectivity index is 2.04. The molecule has 0 fully saturated rings. The van der Waals surface area contributed by atoms with E-state index in [1.807, 2.05) is 0 Å². The number of rotatable bonds is 6. The lowest BCUT2D eigenvalue weighted by molar-refractivity contribution is -0.117. The van der Waals surface area contributed by atoms with Crippen LogP contribution in [0, 0.1) is 5.92 Å². The molecule has 0 saturated heterocycles. The first kappa shape index (κ1) is 17.1. The van der Waals surface area contributed by atoms with Crippen LogP contribution in [-0.4, -0.2) is 26.2 Å². The molecule has 0 aliphatic heterocycles. The van der Waals surface area contributed by atoms with Crippen LogP contribution in [0.5, 0.6) is 0 Å². The number of hydrogen-bond donors (Lipinski definition) is 3. The predicted octanol–water partition coefficient (Wildman–Crippen LogP) is 2.80. The van der Waals surface area contributed by atoms with Crippen molar-refractivity contribution in [3.05, 3.63) is 41.5 Å². The zero-order valence-corrected chi connectivity index (χ0v) is 14.0. The van der Waals surface area contributed by atoms with Crippen molar-refractivity contribution in [1.82, 2.24) is 15.2 Å². The molecule has 0 aliphatic carbocycles. The van der Waals surface area contributed by atoms with Crippen molar-refractivity contribution in [3.8, 4) is 0 Å². The van der Waals surface area contributed by atoms with Crippen LogP contribution >= 0.6 is 0 Å². The maximum Gasteiger partial charge on any atom is 0.234 e. The molecule has 0 unspecified atom stereocenters. The number of amides is 1. The van der Waals surface area contributed by atoms with Gasteiger partial charge in [-0.05, 0) is 30.5 Å². The Morgan fingerprint density at radius 3 is 2.43 bits per heavy atom. The van der Waals surface area contributed by atoms with Crippen molar-refractivity contribution >= 4 is 11.6 Å². The van der Waals surface area contributed by atoms with E-state index in [4.69, 9.17) is 5.11 Å². The summed E-state index contributed by atoms with van der Waals surface area (Å²) in [5.41, 5.74) is 1.49. The number of aromatic amines is 1. The number of aromatic nitrogens is 3. The second-order valence-corrected chi connectivity index (χ2v) is 6.18. The van der Waals surface area contributed by atoms with Crippen LogP contribution in [-0.2, 0) is 11.4 Å². The van der Waals surface area contributed by atoms with Crippen molar-refractivity contribution in [2.24, 2.45) is 5.92 Å². The highest BCUT2D eigenvalue weighted by Gasteiger charge is 2.22. The number of nitrogens with zero attached hydrogens (tertiary/aromatic N) is 2. The van der Waals surface area contributed by atoms with Gasteiger partial charge >= 0.3 is 0 Å². The largest absolute Gasteiger partial charge is 0.392 e. The Kier molecular flexibility index (Phi) is 5.50. The van der Waals surface area contributed by atoms with E-state index in [-0.39, 0.29) is 18.4 Å². The molecule has 1 amide bonds. The van der Waals surface area contributed by atoms with Gasteiger partial charge in [-0.25, -0.2) is 4.98 Å². The van der Waals surface area contributed by atoms with Crippen molar-refractivity contribution in [3.63, 3.8) is 0 Å². The Bertz CT molecular complexity index is 649. The second kappa shape index (κ2) is 7.37. The molecule has 6 heteroatoms. The number of carbonyl (C=O) groups is 1. The fourth-order valence-corrected chi connectivity index (χ4v) is 2.05. The molecule has 0 aliphatic rings. The molecule has 0 saturated carbocycles. The van der Waals surface area contributed by atoms with Gasteiger partial charge in [-0.1, -0.05) is 32.9 Å². The van der Waals surface area contributed by atoms with Crippen LogP contribution in [0.15, 0.2) is 24.3 Å². The first-order valence-electron chi connectivity index (χ1n) is 7.85. The average molecular weight is 316 g/mol. The average Bonchev–Trinajstić information content (AvgIpc) is 3.03. The zero-order valence-electron chi connectivity index (χ0n) is 14.0. The van der Waals surface area contributed by atoms with Gasteiger partial charge in [-0.2, -0.15) is 5.10 Å². The molecule has 2 rings (SSSR count). The lowest BCUT2D eigenvalue weighted by Crippen LogP contribution is -2.20. The standard InChI is InChI=1S/C17H24N4O2/c1-10(2)11(3)15-19-16(21-20-15)12(4)17(23)18-14-7-5-13(9-22)6-8-14/h5-8,10-12,22H,9H2,1-4H3,(H,18,23)(H,19,20,21)/t11-,12-/m0/s1. The van der Waals surface area contributed by atoms with Gasteiger partial charge in [0.15, 0.2) is 5.82 Å². The third-order valence-electron chi connectivity index (χ3n) is 4.13. The molecule has 6 nitrogen and oxygen atoms in total. The fraction of sp³-hybridized carbons (Fsp3) is 0.471. The van der Waals surface area contributed by atoms with Gasteiger partial charge in [0.05, 0.1) is 12.5 Å². The summed E-state index contributed by atoms with van der Waals surface area (Å²) in [5, 5.41) is 19.0. The second-order valence-electron chi connectivity index (χ2n) is 6.18. The molecule has 2 aromatic rings. The third-order valence-corrected chi connectivity index (χ3v) is 4.13. The number of benzene rings is 1. The molecule has 0 spiro atoms. The smallest absolute Gasteiger partial charge is 0.234 e. The van der Waals surface area contributed by atoms with E-state index in [9.17, 15) is 4.79 Å². The van der Waals surface area contributed by atoms with Crippen molar-refractivity contribution in [2.45, 2.75) is 46.1 Å². The van der Waals surface area contributed by atoms with Gasteiger partial charge in [0.1, 0.15) is 5.82 Å². The fourth-order valence-electron chi connectivity index (χ4n) is 2.05. The minimum absolute atomic E-state index is 0.0144. The monoisotopic (exact) mass is 316 g/mol. The van der Waals surface area contributed by atoms with Crippen LogP contribution in [0.4, 0.5) is 5.69 Å². The number of aliphatic hydroxyl groups excluding tert-OH is 1. The van der Waals surface area contributed by atoms with E-state index in [0.29, 0.717) is 17.4 Å². The SMILES string of the molecule is CC(C)[C@H](C)c1n[nH]c([C@H](C)C(=O)Nc2ccc(CO)cc2)n1. The Morgan fingerprint density at radius 2 is 1.87 bits per heavy atom. The maximum absolute atomic E-state index is 12.3. The summed E-state index contributed by atoms with van der Waals surface area (Å²) in [6.45, 7) is 8.09. The molecular formula is C17H24N4O2. The highest BCUT2D eigenvalue weighted by molar-refractivity contribution is 5.95. The number of carbonyl (C=O) groups excluding carboxylic acids is 1. The summed E-state index contributed by atoms with van der Waals surface area (Å²) in [6, 6.07) is 7.08. The normalized spacial score (nSPS) is 13.8. The summed E-state index contributed by atoms with van der Waals surface area (Å²) in [7, 11) is 0. The molecule has 1 heterocycles. The van der Waals surface area contributed by atoms with Gasteiger partial charge in [-0.15, -0.1) is 0 Å². The lowest BCUT2D eigenvalue weighted by atomic mass is 9.98. The highest BCUT2D eigenvalue weighted by atomic mass is 16.3. The number of nitrogens with one attached hydrogen (secondary N) is 2. The van der Waals surface area contributed by atoms with Crippen molar-refractivity contribution in [1.29, 1.82) is 0 Å². The van der Waals surface area contributed by atoms with Crippen molar-refractivity contribution < 1.29 is 9.90 Å². The molecule has 0 radical (unpaired) electrons. The van der Waals surface area contributed by atoms with E-state index in [2.05, 4.69) is 41.3 Å². The van der Waals surface area contributed by atoms with Crippen molar-refractivity contribution in [2.75, 3.05) is 5.32 Å². The quantitative estimate of drug-likeness (QED) is 0.764. The van der Waals surface area contributed by atoms with E-state index >= 15 is 0 Å². The Morgan fingerprint density at radius 1 is 1.22 bits per heavy atom. The Labute approximate surface area is 136 Å². The Hall–Kier alpha value is -2.21. The number of aliphatic hydroxyl groups is 1. The summed E-state index contributed by atoms with van der Waals surface area (Å²) in [6.07, 6.45) is 0. The van der Waals surface area contributed by atoms with E-state index in [0.717, 1.165) is 11.4 Å².